The Morgan fingerprint density at radius 3 is 3.17 bits per heavy atom. The number of aromatic nitrogens is 2. The van der Waals surface area contributed by atoms with Gasteiger partial charge in [0.05, 0.1) is 6.54 Å². The molecule has 1 aliphatic heterocycles. The van der Waals surface area contributed by atoms with E-state index in [0.717, 1.165) is 32.0 Å². The molecule has 5 nitrogen and oxygen atoms in total. The van der Waals surface area contributed by atoms with E-state index in [1.807, 2.05) is 24.0 Å². The molecule has 0 saturated carbocycles. The van der Waals surface area contributed by atoms with Gasteiger partial charge >= 0.3 is 0 Å². The van der Waals surface area contributed by atoms with Gasteiger partial charge in [-0.05, 0) is 25.3 Å². The largest absolute Gasteiger partial charge is 0.396 e. The molecule has 1 fully saturated rings. The van der Waals surface area contributed by atoms with Gasteiger partial charge in [-0.15, -0.1) is 0 Å². The van der Waals surface area contributed by atoms with Gasteiger partial charge in [0.2, 0.25) is 0 Å². The Balaban J connectivity index is 1.62. The minimum Gasteiger partial charge on any atom is -0.396 e. The van der Waals surface area contributed by atoms with Gasteiger partial charge in [0, 0.05) is 45.7 Å². The first-order valence-electron chi connectivity index (χ1n) is 6.79. The van der Waals surface area contributed by atoms with Gasteiger partial charge in [0.15, 0.2) is 0 Å². The number of hydrogen-bond acceptors (Lipinski definition) is 4. The van der Waals surface area contributed by atoms with Crippen molar-refractivity contribution in [2.24, 2.45) is 13.0 Å². The molecular formula is C13H24N4O. The zero-order valence-electron chi connectivity index (χ0n) is 11.2. The summed E-state index contributed by atoms with van der Waals surface area (Å²) in [5.74, 6) is 1.55. The number of imidazole rings is 1. The van der Waals surface area contributed by atoms with Crippen molar-refractivity contribution in [3.63, 3.8) is 0 Å². The lowest BCUT2D eigenvalue weighted by atomic mass is 9.99. The third-order valence-corrected chi connectivity index (χ3v) is 3.67. The van der Waals surface area contributed by atoms with Crippen LogP contribution < -0.4 is 5.32 Å². The predicted octanol–water partition coefficient (Wildman–Crippen LogP) is 0.214. The summed E-state index contributed by atoms with van der Waals surface area (Å²) in [5.41, 5.74) is 0. The van der Waals surface area contributed by atoms with Gasteiger partial charge in [-0.1, -0.05) is 0 Å². The van der Waals surface area contributed by atoms with Gasteiger partial charge in [0.25, 0.3) is 0 Å². The summed E-state index contributed by atoms with van der Waals surface area (Å²) >= 11 is 0. The Bertz CT molecular complexity index is 353. The number of nitrogens with one attached hydrogen (secondary N) is 1. The predicted molar refractivity (Wildman–Crippen MR) is 71.2 cm³/mol. The number of rotatable bonds is 6. The zero-order chi connectivity index (χ0) is 12.8. The van der Waals surface area contributed by atoms with Crippen LogP contribution in [0, 0.1) is 5.92 Å². The van der Waals surface area contributed by atoms with Crippen molar-refractivity contribution in [3.05, 3.63) is 18.2 Å². The number of aliphatic hydroxyl groups excluding tert-OH is 1. The van der Waals surface area contributed by atoms with Gasteiger partial charge in [-0.3, -0.25) is 0 Å². The van der Waals surface area contributed by atoms with E-state index < -0.39 is 0 Å². The second-order valence-electron chi connectivity index (χ2n) is 5.12. The van der Waals surface area contributed by atoms with E-state index in [1.54, 1.807) is 0 Å². The Morgan fingerprint density at radius 1 is 1.56 bits per heavy atom. The summed E-state index contributed by atoms with van der Waals surface area (Å²) in [4.78, 5) is 6.72. The third kappa shape index (κ3) is 3.80. The van der Waals surface area contributed by atoms with Crippen LogP contribution in [-0.4, -0.2) is 52.3 Å². The van der Waals surface area contributed by atoms with Crippen LogP contribution in [0.4, 0.5) is 0 Å². The first kappa shape index (κ1) is 13.5. The van der Waals surface area contributed by atoms with Gasteiger partial charge in [-0.2, -0.15) is 0 Å². The molecule has 0 amide bonds. The standard InChI is InChI=1S/C13H24N4O/c1-16-7-5-15-13(16)9-14-4-8-17-6-2-3-12(10-17)11-18/h5,7,12,14,18H,2-4,6,8-11H2,1H3. The fourth-order valence-corrected chi connectivity index (χ4v) is 2.51. The molecule has 0 radical (unpaired) electrons. The van der Waals surface area contributed by atoms with Crippen molar-refractivity contribution >= 4 is 0 Å². The zero-order valence-corrected chi connectivity index (χ0v) is 11.2. The summed E-state index contributed by atoms with van der Waals surface area (Å²) in [7, 11) is 2.01. The van der Waals surface area contributed by atoms with E-state index in [9.17, 15) is 5.11 Å². The van der Waals surface area contributed by atoms with Crippen LogP contribution in [0.2, 0.25) is 0 Å². The van der Waals surface area contributed by atoms with Crippen molar-refractivity contribution in [1.29, 1.82) is 0 Å². The fraction of sp³-hybridized carbons (Fsp3) is 0.769. The molecule has 1 unspecified atom stereocenters. The first-order chi connectivity index (χ1) is 8.79. The average Bonchev–Trinajstić information content (AvgIpc) is 2.81. The van der Waals surface area contributed by atoms with Crippen LogP contribution in [-0.2, 0) is 13.6 Å². The SMILES string of the molecule is Cn1ccnc1CNCCN1CCCC(CO)C1. The molecule has 0 bridgehead atoms. The smallest absolute Gasteiger partial charge is 0.122 e. The summed E-state index contributed by atoms with van der Waals surface area (Å²) in [6, 6.07) is 0. The van der Waals surface area contributed by atoms with Crippen LogP contribution in [0.5, 0.6) is 0 Å². The summed E-state index contributed by atoms with van der Waals surface area (Å²) in [6.45, 7) is 5.39. The van der Waals surface area contributed by atoms with Crippen molar-refractivity contribution in [3.8, 4) is 0 Å². The Kier molecular flexibility index (Phi) is 5.16. The molecule has 18 heavy (non-hydrogen) atoms. The van der Waals surface area contributed by atoms with Crippen LogP contribution in [0.15, 0.2) is 12.4 Å². The molecule has 102 valence electrons. The van der Waals surface area contributed by atoms with Gasteiger partial charge in [-0.25, -0.2) is 4.98 Å². The first-order valence-corrected chi connectivity index (χ1v) is 6.79. The monoisotopic (exact) mass is 252 g/mol. The highest BCUT2D eigenvalue weighted by atomic mass is 16.3. The van der Waals surface area contributed by atoms with E-state index >= 15 is 0 Å². The van der Waals surface area contributed by atoms with Crippen LogP contribution in [0.1, 0.15) is 18.7 Å². The molecule has 1 atom stereocenters. The van der Waals surface area contributed by atoms with Gasteiger partial charge in [0.1, 0.15) is 5.82 Å². The third-order valence-electron chi connectivity index (χ3n) is 3.67. The molecule has 0 spiro atoms. The number of likely N-dealkylation sites (tertiary alicyclic amines) is 1. The molecule has 1 aliphatic rings. The Labute approximate surface area is 109 Å². The summed E-state index contributed by atoms with van der Waals surface area (Å²) in [5, 5.41) is 12.6. The minimum atomic E-state index is 0.331. The van der Waals surface area contributed by atoms with Gasteiger partial charge < -0.3 is 19.9 Å². The molecule has 2 heterocycles. The van der Waals surface area contributed by atoms with Crippen LogP contribution >= 0.6 is 0 Å². The molecule has 0 aliphatic carbocycles. The second-order valence-corrected chi connectivity index (χ2v) is 5.12. The lowest BCUT2D eigenvalue weighted by Gasteiger charge is -2.31. The van der Waals surface area contributed by atoms with Crippen LogP contribution in [0.3, 0.4) is 0 Å². The fourth-order valence-electron chi connectivity index (χ4n) is 2.51. The number of aryl methyl sites for hydroxylation is 1. The van der Waals surface area contributed by atoms with Crippen molar-refractivity contribution in [2.45, 2.75) is 19.4 Å². The minimum absolute atomic E-state index is 0.331. The quantitative estimate of drug-likeness (QED) is 0.711. The topological polar surface area (TPSA) is 53.3 Å². The Morgan fingerprint density at radius 2 is 2.44 bits per heavy atom. The number of piperidine rings is 1. The van der Waals surface area contributed by atoms with E-state index in [2.05, 4.69) is 15.2 Å². The van der Waals surface area contributed by atoms with Crippen LogP contribution in [0.25, 0.3) is 0 Å². The van der Waals surface area contributed by atoms with E-state index in [1.165, 1.54) is 19.4 Å². The van der Waals surface area contributed by atoms with Crippen molar-refractivity contribution < 1.29 is 5.11 Å². The molecule has 1 aromatic rings. The second kappa shape index (κ2) is 6.87. The maximum atomic E-state index is 9.18. The highest BCUT2D eigenvalue weighted by Crippen LogP contribution is 2.14. The number of hydrogen-bond donors (Lipinski definition) is 2. The normalized spacial score (nSPS) is 21.3. The molecule has 2 rings (SSSR count). The molecular weight excluding hydrogens is 228 g/mol. The summed E-state index contributed by atoms with van der Waals surface area (Å²) < 4.78 is 2.04. The highest BCUT2D eigenvalue weighted by molar-refractivity contribution is 4.90. The maximum Gasteiger partial charge on any atom is 0.122 e. The molecule has 5 heteroatoms. The average molecular weight is 252 g/mol. The molecule has 1 saturated heterocycles. The number of nitrogens with zero attached hydrogens (tertiary/aromatic N) is 3. The van der Waals surface area contributed by atoms with E-state index in [-0.39, 0.29) is 0 Å². The van der Waals surface area contributed by atoms with E-state index in [4.69, 9.17) is 0 Å². The van der Waals surface area contributed by atoms with Crippen molar-refractivity contribution in [1.82, 2.24) is 19.8 Å². The molecule has 2 N–H and O–H groups in total. The lowest BCUT2D eigenvalue weighted by Crippen LogP contribution is -2.40. The maximum absolute atomic E-state index is 9.18. The molecule has 1 aromatic heterocycles. The lowest BCUT2D eigenvalue weighted by molar-refractivity contribution is 0.121. The highest BCUT2D eigenvalue weighted by Gasteiger charge is 2.18. The van der Waals surface area contributed by atoms with E-state index in [0.29, 0.717) is 12.5 Å². The Hall–Kier alpha value is -0.910. The molecule has 0 aromatic carbocycles. The van der Waals surface area contributed by atoms with Crippen molar-refractivity contribution in [2.75, 3.05) is 32.8 Å². The summed E-state index contributed by atoms with van der Waals surface area (Å²) in [6.07, 6.45) is 6.18. The number of aliphatic hydroxyl groups is 1.